The molecule has 0 unspecified atom stereocenters. The predicted octanol–water partition coefficient (Wildman–Crippen LogP) is 3.29. The van der Waals surface area contributed by atoms with Crippen LogP contribution in [-0.4, -0.2) is 52.5 Å². The number of carbonyl (C=O) groups excluding carboxylic acids is 2. The highest BCUT2D eigenvalue weighted by molar-refractivity contribution is 6.32. The Labute approximate surface area is 195 Å². The van der Waals surface area contributed by atoms with Crippen LogP contribution in [0.5, 0.6) is 5.88 Å². The van der Waals surface area contributed by atoms with Gasteiger partial charge in [-0.15, -0.1) is 0 Å². The lowest BCUT2D eigenvalue weighted by Gasteiger charge is -2.13. The van der Waals surface area contributed by atoms with Gasteiger partial charge in [0.15, 0.2) is 5.82 Å². The van der Waals surface area contributed by atoms with Gasteiger partial charge in [-0.3, -0.25) is 4.79 Å². The molecule has 1 aromatic carbocycles. The van der Waals surface area contributed by atoms with E-state index in [4.69, 9.17) is 16.3 Å². The number of hydrogen-bond acceptors (Lipinski definition) is 8. The van der Waals surface area contributed by atoms with Gasteiger partial charge in [0.2, 0.25) is 17.7 Å². The second kappa shape index (κ2) is 9.70. The van der Waals surface area contributed by atoms with Gasteiger partial charge in [0.05, 0.1) is 12.6 Å². The van der Waals surface area contributed by atoms with E-state index in [1.807, 2.05) is 25.2 Å². The molecule has 11 heteroatoms. The van der Waals surface area contributed by atoms with Gasteiger partial charge in [-0.1, -0.05) is 17.7 Å². The number of ether oxygens (including phenoxy) is 1. The molecule has 10 nitrogen and oxygen atoms in total. The molecular formula is C22H22ClN7O3. The number of halogens is 1. The molecule has 3 heterocycles. The van der Waals surface area contributed by atoms with Crippen LogP contribution in [-0.2, 0) is 17.6 Å². The highest BCUT2D eigenvalue weighted by Crippen LogP contribution is 2.29. The van der Waals surface area contributed by atoms with E-state index in [-0.39, 0.29) is 16.8 Å². The molecule has 0 aliphatic carbocycles. The fourth-order valence-corrected chi connectivity index (χ4v) is 3.44. The van der Waals surface area contributed by atoms with Crippen LogP contribution in [0.4, 0.5) is 27.9 Å². The molecule has 0 bridgehead atoms. The monoisotopic (exact) mass is 467 g/mol. The molecule has 2 amide bonds. The molecular weight excluding hydrogens is 446 g/mol. The first-order valence-electron chi connectivity index (χ1n) is 10.2. The second-order valence-electron chi connectivity index (χ2n) is 7.36. The van der Waals surface area contributed by atoms with Gasteiger partial charge in [0.25, 0.3) is 0 Å². The summed E-state index contributed by atoms with van der Waals surface area (Å²) in [5.74, 6) is 0.764. The number of anilines is 4. The van der Waals surface area contributed by atoms with E-state index in [9.17, 15) is 9.59 Å². The van der Waals surface area contributed by atoms with Crippen LogP contribution in [0.1, 0.15) is 11.1 Å². The highest BCUT2D eigenvalue weighted by Gasteiger charge is 2.18. The Bertz CT molecular complexity index is 1200. The Hall–Kier alpha value is -3.92. The van der Waals surface area contributed by atoms with Gasteiger partial charge in [0, 0.05) is 32.5 Å². The van der Waals surface area contributed by atoms with Gasteiger partial charge in [0.1, 0.15) is 10.7 Å². The smallest absolute Gasteiger partial charge is 0.389 e. The molecule has 0 radical (unpaired) electrons. The molecule has 2 aromatic heterocycles. The lowest BCUT2D eigenvalue weighted by molar-refractivity contribution is -0.128. The number of amides is 2. The molecule has 3 N–H and O–H groups in total. The van der Waals surface area contributed by atoms with Crippen LogP contribution in [0.25, 0.3) is 0 Å². The molecule has 0 atom stereocenters. The minimum absolute atomic E-state index is 0.0708. The van der Waals surface area contributed by atoms with Crippen molar-refractivity contribution in [2.45, 2.75) is 12.8 Å². The number of benzene rings is 1. The van der Waals surface area contributed by atoms with Crippen LogP contribution in [0.2, 0.25) is 5.02 Å². The van der Waals surface area contributed by atoms with Crippen molar-refractivity contribution in [3.8, 4) is 5.88 Å². The lowest BCUT2D eigenvalue weighted by atomic mass is 10.0. The molecule has 170 valence electrons. The third-order valence-electron chi connectivity index (χ3n) is 5.11. The Morgan fingerprint density at radius 1 is 1.18 bits per heavy atom. The summed E-state index contributed by atoms with van der Waals surface area (Å²) in [4.78, 5) is 38.3. The van der Waals surface area contributed by atoms with Crippen molar-refractivity contribution in [1.29, 1.82) is 0 Å². The maximum Gasteiger partial charge on any atom is 0.413 e. The second-order valence-corrected chi connectivity index (χ2v) is 7.77. The van der Waals surface area contributed by atoms with Crippen molar-refractivity contribution in [2.24, 2.45) is 0 Å². The fourth-order valence-electron chi connectivity index (χ4n) is 3.30. The first-order chi connectivity index (χ1) is 15.9. The maximum absolute atomic E-state index is 12.2. The molecule has 1 aliphatic rings. The number of nitrogens with zero attached hydrogens (tertiary/aromatic N) is 4. The summed E-state index contributed by atoms with van der Waals surface area (Å²) in [5, 5.41) is 8.82. The SMILES string of the molecule is CNC(=O)Oc1ncccc1Nc1nc(Nc2ccc3c(c2)CC(=O)N(C)CC3)ncc1Cl. The quantitative estimate of drug-likeness (QED) is 0.522. The molecule has 0 saturated heterocycles. The molecule has 0 saturated carbocycles. The van der Waals surface area contributed by atoms with Crippen molar-refractivity contribution >= 4 is 46.7 Å². The number of rotatable bonds is 5. The number of pyridine rings is 1. The summed E-state index contributed by atoms with van der Waals surface area (Å²) in [5.41, 5.74) is 3.29. The fraction of sp³-hybridized carbons (Fsp3) is 0.227. The molecule has 33 heavy (non-hydrogen) atoms. The van der Waals surface area contributed by atoms with Crippen molar-refractivity contribution in [3.63, 3.8) is 0 Å². The average Bonchev–Trinajstić information content (AvgIpc) is 2.95. The Morgan fingerprint density at radius 3 is 2.85 bits per heavy atom. The normalized spacial score (nSPS) is 13.1. The average molecular weight is 468 g/mol. The zero-order valence-corrected chi connectivity index (χ0v) is 18.8. The summed E-state index contributed by atoms with van der Waals surface area (Å²) in [6.07, 6.45) is 3.47. The highest BCUT2D eigenvalue weighted by atomic mass is 35.5. The topological polar surface area (TPSA) is 121 Å². The summed E-state index contributed by atoms with van der Waals surface area (Å²) in [7, 11) is 3.27. The van der Waals surface area contributed by atoms with E-state index in [0.29, 0.717) is 30.4 Å². The van der Waals surface area contributed by atoms with Crippen LogP contribution in [0.15, 0.2) is 42.7 Å². The first-order valence-corrected chi connectivity index (χ1v) is 10.6. The van der Waals surface area contributed by atoms with Gasteiger partial charge in [-0.2, -0.15) is 4.98 Å². The number of carbonyl (C=O) groups is 2. The molecule has 1 aliphatic heterocycles. The van der Waals surface area contributed by atoms with E-state index in [0.717, 1.165) is 23.2 Å². The number of aromatic nitrogens is 3. The van der Waals surface area contributed by atoms with Gasteiger partial charge >= 0.3 is 6.09 Å². The molecule has 3 aromatic rings. The van der Waals surface area contributed by atoms with Crippen molar-refractivity contribution in [1.82, 2.24) is 25.2 Å². The Kier molecular flexibility index (Phi) is 6.55. The number of nitrogens with one attached hydrogen (secondary N) is 3. The predicted molar refractivity (Wildman–Crippen MR) is 124 cm³/mol. The van der Waals surface area contributed by atoms with Gasteiger partial charge < -0.3 is 25.6 Å². The Morgan fingerprint density at radius 2 is 2.03 bits per heavy atom. The van der Waals surface area contributed by atoms with E-state index in [1.54, 1.807) is 17.0 Å². The third kappa shape index (κ3) is 5.29. The zero-order chi connectivity index (χ0) is 23.4. The van der Waals surface area contributed by atoms with E-state index < -0.39 is 6.09 Å². The van der Waals surface area contributed by atoms with Crippen LogP contribution < -0.4 is 20.7 Å². The Balaban J connectivity index is 1.55. The van der Waals surface area contributed by atoms with E-state index >= 15 is 0 Å². The minimum atomic E-state index is -0.652. The molecule has 0 spiro atoms. The summed E-state index contributed by atoms with van der Waals surface area (Å²) < 4.78 is 5.16. The van der Waals surface area contributed by atoms with Crippen molar-refractivity contribution in [2.75, 3.05) is 31.3 Å². The van der Waals surface area contributed by atoms with Crippen molar-refractivity contribution < 1.29 is 14.3 Å². The number of fused-ring (bicyclic) bond motifs is 1. The van der Waals surface area contributed by atoms with Crippen molar-refractivity contribution in [3.05, 3.63) is 58.9 Å². The largest absolute Gasteiger partial charge is 0.413 e. The molecule has 0 fully saturated rings. The van der Waals surface area contributed by atoms with Gasteiger partial charge in [-0.05, 0) is 41.8 Å². The van der Waals surface area contributed by atoms with E-state index in [2.05, 4.69) is 30.9 Å². The molecule has 4 rings (SSSR count). The number of hydrogen-bond donors (Lipinski definition) is 3. The van der Waals surface area contributed by atoms with Crippen LogP contribution >= 0.6 is 11.6 Å². The van der Waals surface area contributed by atoms with Gasteiger partial charge in [-0.25, -0.2) is 14.8 Å². The number of likely N-dealkylation sites (N-methyl/N-ethyl adjacent to an activating group) is 1. The van der Waals surface area contributed by atoms with E-state index in [1.165, 1.54) is 19.4 Å². The summed E-state index contributed by atoms with van der Waals surface area (Å²) in [6.45, 7) is 0.702. The standard InChI is InChI=1S/C22H22ClN7O3/c1-24-22(32)33-20-17(4-3-8-25-20)28-19-16(23)12-26-21(29-19)27-15-6-5-13-7-9-30(2)18(31)11-14(13)10-15/h3-6,8,10,12H,7,9,11H2,1-2H3,(H,24,32)(H2,26,27,28,29). The lowest BCUT2D eigenvalue weighted by Crippen LogP contribution is -2.27. The third-order valence-corrected chi connectivity index (χ3v) is 5.38. The maximum atomic E-state index is 12.2. The summed E-state index contributed by atoms with van der Waals surface area (Å²) >= 11 is 6.28. The zero-order valence-electron chi connectivity index (χ0n) is 18.1. The minimum Gasteiger partial charge on any atom is -0.389 e. The summed E-state index contributed by atoms with van der Waals surface area (Å²) in [6, 6.07) is 9.24. The van der Waals surface area contributed by atoms with Crippen LogP contribution in [0.3, 0.4) is 0 Å². The van der Waals surface area contributed by atoms with Crippen LogP contribution in [0, 0.1) is 0 Å². The first kappa shape index (κ1) is 22.3.